The first-order chi connectivity index (χ1) is 30.3. The van der Waals surface area contributed by atoms with Gasteiger partial charge in [0.1, 0.15) is 11.3 Å². The second-order valence-corrected chi connectivity index (χ2v) is 15.9. The van der Waals surface area contributed by atoms with Gasteiger partial charge in [0.05, 0.1) is 5.41 Å². The number of nitrogens with zero attached hydrogens (tertiary/aromatic N) is 1. The fourth-order valence-electron chi connectivity index (χ4n) is 10.2. The number of hydrogen-bond donors (Lipinski definition) is 0. The van der Waals surface area contributed by atoms with Crippen molar-refractivity contribution < 1.29 is 4.42 Å². The summed E-state index contributed by atoms with van der Waals surface area (Å²) in [4.78, 5) is 2.38. The molecule has 0 spiro atoms. The summed E-state index contributed by atoms with van der Waals surface area (Å²) < 4.78 is 7.11. The Kier molecular flexibility index (Phi) is 8.11. The summed E-state index contributed by atoms with van der Waals surface area (Å²) in [6.07, 6.45) is 0. The Bertz CT molecular complexity index is 3350. The van der Waals surface area contributed by atoms with Gasteiger partial charge in [0, 0.05) is 39.0 Å². The molecule has 1 aliphatic carbocycles. The van der Waals surface area contributed by atoms with E-state index in [4.69, 9.17) is 4.42 Å². The zero-order chi connectivity index (χ0) is 40.3. The monoisotopic (exact) mass is 777 g/mol. The predicted molar refractivity (Wildman–Crippen MR) is 254 cm³/mol. The second-order valence-electron chi connectivity index (χ2n) is 15.9. The first kappa shape index (κ1) is 35.0. The van der Waals surface area contributed by atoms with Crippen molar-refractivity contribution >= 4 is 49.6 Å². The fourth-order valence-corrected chi connectivity index (χ4v) is 10.2. The van der Waals surface area contributed by atoms with Gasteiger partial charge in [-0.25, -0.2) is 0 Å². The minimum atomic E-state index is -0.500. The molecule has 0 aliphatic heterocycles. The van der Waals surface area contributed by atoms with Gasteiger partial charge in [-0.2, -0.15) is 0 Å². The molecule has 0 fully saturated rings. The van der Waals surface area contributed by atoms with Gasteiger partial charge in [-0.1, -0.05) is 188 Å². The Balaban J connectivity index is 1.06. The number of rotatable bonds is 7. The average Bonchev–Trinajstić information content (AvgIpc) is 3.89. The molecule has 0 atom stereocenters. The Morgan fingerprint density at radius 1 is 0.344 bits per heavy atom. The highest BCUT2D eigenvalue weighted by Crippen LogP contribution is 2.57. The number of benzene rings is 10. The lowest BCUT2D eigenvalue weighted by molar-refractivity contribution is 0.636. The van der Waals surface area contributed by atoms with Gasteiger partial charge in [0.25, 0.3) is 0 Å². The van der Waals surface area contributed by atoms with Crippen molar-refractivity contribution in [3.63, 3.8) is 0 Å². The molecule has 0 bridgehead atoms. The Morgan fingerprint density at radius 3 is 1.51 bits per heavy atom. The van der Waals surface area contributed by atoms with Crippen molar-refractivity contribution in [1.29, 1.82) is 0 Å². The molecule has 286 valence electrons. The van der Waals surface area contributed by atoms with Crippen molar-refractivity contribution in [2.24, 2.45) is 0 Å². The van der Waals surface area contributed by atoms with E-state index in [0.717, 1.165) is 55.9 Å². The van der Waals surface area contributed by atoms with Gasteiger partial charge in [0.2, 0.25) is 0 Å². The van der Waals surface area contributed by atoms with Crippen molar-refractivity contribution in [2.45, 2.75) is 5.41 Å². The lowest BCUT2D eigenvalue weighted by Crippen LogP contribution is -2.28. The first-order valence-corrected chi connectivity index (χ1v) is 21.0. The van der Waals surface area contributed by atoms with Gasteiger partial charge in [0.15, 0.2) is 0 Å². The van der Waals surface area contributed by atoms with E-state index in [0.29, 0.717) is 0 Å². The van der Waals surface area contributed by atoms with Crippen LogP contribution in [0.2, 0.25) is 0 Å². The molecule has 12 rings (SSSR count). The zero-order valence-electron chi connectivity index (χ0n) is 33.4. The summed E-state index contributed by atoms with van der Waals surface area (Å²) >= 11 is 0. The van der Waals surface area contributed by atoms with Crippen LogP contribution in [0.3, 0.4) is 0 Å². The van der Waals surface area contributed by atoms with E-state index in [1.54, 1.807) is 0 Å². The van der Waals surface area contributed by atoms with Crippen molar-refractivity contribution in [1.82, 2.24) is 0 Å². The summed E-state index contributed by atoms with van der Waals surface area (Å²) in [5, 5.41) is 5.88. The van der Waals surface area contributed by atoms with Crippen LogP contribution in [0.25, 0.3) is 66.1 Å². The number of furan rings is 1. The van der Waals surface area contributed by atoms with Crippen molar-refractivity contribution in [2.75, 3.05) is 4.90 Å². The lowest BCUT2D eigenvalue weighted by atomic mass is 9.67. The zero-order valence-corrected chi connectivity index (χ0v) is 33.4. The Hall–Kier alpha value is -7.94. The van der Waals surface area contributed by atoms with E-state index in [2.05, 4.69) is 241 Å². The second kappa shape index (κ2) is 14.1. The summed E-state index contributed by atoms with van der Waals surface area (Å²) in [5.41, 5.74) is 14.5. The number of anilines is 3. The molecule has 11 aromatic rings. The summed E-state index contributed by atoms with van der Waals surface area (Å²) in [5.74, 6) is 0.867. The van der Waals surface area contributed by atoms with Crippen LogP contribution in [0, 0.1) is 0 Å². The molecule has 61 heavy (non-hydrogen) atoms. The third-order valence-corrected chi connectivity index (χ3v) is 12.7. The van der Waals surface area contributed by atoms with Gasteiger partial charge < -0.3 is 9.32 Å². The normalized spacial score (nSPS) is 12.7. The van der Waals surface area contributed by atoms with E-state index < -0.39 is 5.41 Å². The minimum absolute atomic E-state index is 0.500. The summed E-state index contributed by atoms with van der Waals surface area (Å²) in [6.45, 7) is 0. The van der Waals surface area contributed by atoms with Crippen LogP contribution >= 0.6 is 0 Å². The van der Waals surface area contributed by atoms with Gasteiger partial charge in [-0.05, 0) is 104 Å². The molecule has 1 heterocycles. The Morgan fingerprint density at radius 2 is 0.836 bits per heavy atom. The summed E-state index contributed by atoms with van der Waals surface area (Å²) in [6, 6.07) is 85.7. The van der Waals surface area contributed by atoms with Gasteiger partial charge in [-0.15, -0.1) is 0 Å². The van der Waals surface area contributed by atoms with Crippen LogP contribution in [0.1, 0.15) is 22.3 Å². The Labute approximate surface area is 355 Å². The van der Waals surface area contributed by atoms with Crippen molar-refractivity contribution in [3.8, 4) is 33.6 Å². The van der Waals surface area contributed by atoms with E-state index in [9.17, 15) is 0 Å². The smallest absolute Gasteiger partial charge is 0.143 e. The van der Waals surface area contributed by atoms with Crippen LogP contribution in [0.5, 0.6) is 0 Å². The molecule has 1 aromatic heterocycles. The number of hydrogen-bond acceptors (Lipinski definition) is 2. The molecular formula is C59H39NO. The van der Waals surface area contributed by atoms with E-state index in [1.165, 1.54) is 49.5 Å². The van der Waals surface area contributed by atoms with Crippen molar-refractivity contribution in [3.05, 3.63) is 259 Å². The largest absolute Gasteiger partial charge is 0.455 e. The van der Waals surface area contributed by atoms with Crippen LogP contribution in [-0.4, -0.2) is 0 Å². The third kappa shape index (κ3) is 5.36. The third-order valence-electron chi connectivity index (χ3n) is 12.7. The molecule has 0 saturated carbocycles. The molecule has 0 unspecified atom stereocenters. The van der Waals surface area contributed by atoms with E-state index in [-0.39, 0.29) is 0 Å². The number of fused-ring (bicyclic) bond motifs is 9. The maximum atomic E-state index is 7.11. The summed E-state index contributed by atoms with van der Waals surface area (Å²) in [7, 11) is 0. The van der Waals surface area contributed by atoms with Crippen LogP contribution in [0.4, 0.5) is 17.1 Å². The molecular weight excluding hydrogens is 739 g/mol. The maximum Gasteiger partial charge on any atom is 0.143 e. The molecule has 0 amide bonds. The highest BCUT2D eigenvalue weighted by molar-refractivity contribution is 6.28. The van der Waals surface area contributed by atoms with Crippen LogP contribution in [0.15, 0.2) is 241 Å². The molecule has 0 radical (unpaired) electrons. The number of para-hydroxylation sites is 1. The maximum absolute atomic E-state index is 7.11. The van der Waals surface area contributed by atoms with E-state index in [1.807, 2.05) is 0 Å². The molecule has 0 saturated heterocycles. The highest BCUT2D eigenvalue weighted by atomic mass is 16.3. The molecule has 0 N–H and O–H groups in total. The lowest BCUT2D eigenvalue weighted by Gasteiger charge is -2.35. The first-order valence-electron chi connectivity index (χ1n) is 21.0. The topological polar surface area (TPSA) is 16.4 Å². The molecule has 2 nitrogen and oxygen atoms in total. The SMILES string of the molecule is c1ccc(-c2c(-c3ccc(N(c4ccccc4)c4ccc5c(c4)C(c4ccccc4)(c4ccccc4)c4ccccc4-5)cc3)oc3c4ccccc4c4ccccc4c23)cc1. The minimum Gasteiger partial charge on any atom is -0.455 e. The highest BCUT2D eigenvalue weighted by Gasteiger charge is 2.46. The van der Waals surface area contributed by atoms with E-state index >= 15 is 0 Å². The van der Waals surface area contributed by atoms with Crippen LogP contribution < -0.4 is 4.90 Å². The quantitative estimate of drug-likeness (QED) is 0.150. The van der Waals surface area contributed by atoms with Crippen LogP contribution in [-0.2, 0) is 5.41 Å². The average molecular weight is 778 g/mol. The van der Waals surface area contributed by atoms with Gasteiger partial charge >= 0.3 is 0 Å². The molecule has 10 aromatic carbocycles. The fraction of sp³-hybridized carbons (Fsp3) is 0.0169. The molecule has 2 heteroatoms. The standard InChI is InChI=1S/C59H39NO/c1-5-19-40(20-6-1)55-56-51-30-15-13-27-47(51)48-28-14-16-31-52(48)58(56)61-57(55)41-33-35-45(36-34-41)60(44-25-11-4-12-26-44)46-37-38-50-49-29-17-18-32-53(49)59(54(50)39-46,42-21-7-2-8-22-42)43-23-9-3-10-24-43/h1-39H. The molecule has 1 aliphatic rings. The predicted octanol–water partition coefficient (Wildman–Crippen LogP) is 15.9. The van der Waals surface area contributed by atoms with Gasteiger partial charge in [-0.3, -0.25) is 0 Å².